The quantitative estimate of drug-likeness (QED) is 0.554. The highest BCUT2D eigenvalue weighted by Crippen LogP contribution is 2.32. The van der Waals surface area contributed by atoms with Crippen LogP contribution in [0.15, 0.2) is 42.5 Å². The van der Waals surface area contributed by atoms with E-state index in [0.29, 0.717) is 11.7 Å². The van der Waals surface area contributed by atoms with Crippen molar-refractivity contribution in [3.05, 3.63) is 63.2 Å². The van der Waals surface area contributed by atoms with Gasteiger partial charge in [-0.2, -0.15) is 0 Å². The number of benzene rings is 2. The van der Waals surface area contributed by atoms with E-state index in [9.17, 15) is 10.1 Å². The van der Waals surface area contributed by atoms with E-state index in [1.54, 1.807) is 6.07 Å². The lowest BCUT2D eigenvalue weighted by molar-refractivity contribution is -0.384. The minimum atomic E-state index is -0.464. The van der Waals surface area contributed by atoms with Gasteiger partial charge in [-0.3, -0.25) is 10.1 Å². The number of anilines is 1. The Morgan fingerprint density at radius 2 is 2.08 bits per heavy atom. The normalized spacial score (nSPS) is 17.1. The zero-order valence-electron chi connectivity index (χ0n) is 14.3. The average Bonchev–Trinajstić information content (AvgIpc) is 3.05. The molecule has 1 heterocycles. The number of ether oxygens (including phenoxy) is 1. The molecule has 2 aromatic carbocycles. The molecule has 132 valence electrons. The van der Waals surface area contributed by atoms with E-state index in [0.717, 1.165) is 19.5 Å². The molecule has 0 N–H and O–H groups in total. The lowest BCUT2D eigenvalue weighted by atomic mass is 10.0. The zero-order chi connectivity index (χ0) is 18.0. The van der Waals surface area contributed by atoms with Crippen molar-refractivity contribution < 1.29 is 9.66 Å². The van der Waals surface area contributed by atoms with E-state index in [-0.39, 0.29) is 16.8 Å². The third-order valence-corrected chi connectivity index (χ3v) is 4.76. The van der Waals surface area contributed by atoms with Crippen molar-refractivity contribution in [1.82, 2.24) is 0 Å². The van der Waals surface area contributed by atoms with Crippen molar-refractivity contribution in [3.8, 4) is 5.75 Å². The number of halogens is 1. The van der Waals surface area contributed by atoms with Crippen LogP contribution in [0.5, 0.6) is 5.75 Å². The zero-order valence-corrected chi connectivity index (χ0v) is 15.1. The van der Waals surface area contributed by atoms with Gasteiger partial charge in [-0.15, -0.1) is 0 Å². The van der Waals surface area contributed by atoms with E-state index >= 15 is 0 Å². The van der Waals surface area contributed by atoms with Crippen molar-refractivity contribution >= 4 is 23.0 Å². The highest BCUT2D eigenvalue weighted by Gasteiger charge is 2.25. The van der Waals surface area contributed by atoms with Crippen LogP contribution in [0.3, 0.4) is 0 Å². The number of hydrogen-bond acceptors (Lipinski definition) is 4. The molecule has 25 heavy (non-hydrogen) atoms. The highest BCUT2D eigenvalue weighted by molar-refractivity contribution is 6.32. The average molecular weight is 361 g/mol. The molecule has 0 radical (unpaired) electrons. The van der Waals surface area contributed by atoms with E-state index in [1.807, 2.05) is 0 Å². The first-order valence-electron chi connectivity index (χ1n) is 8.39. The molecule has 1 aliphatic heterocycles. The van der Waals surface area contributed by atoms with Crippen LogP contribution in [-0.4, -0.2) is 24.1 Å². The number of rotatable bonds is 5. The summed E-state index contributed by atoms with van der Waals surface area (Å²) in [5, 5.41) is 11.1. The van der Waals surface area contributed by atoms with Crippen molar-refractivity contribution in [2.75, 3.05) is 18.0 Å². The SMILES string of the molecule is CC(C)c1cccc(N2CCC(Oc3ccc([N+](=O)[O-])cc3Cl)C2)c1. The molecule has 1 saturated heterocycles. The number of nitrogens with zero attached hydrogens (tertiary/aromatic N) is 2. The maximum atomic E-state index is 10.8. The minimum Gasteiger partial charge on any atom is -0.487 e. The van der Waals surface area contributed by atoms with Crippen LogP contribution in [0, 0.1) is 10.1 Å². The molecular formula is C19H21ClN2O3. The van der Waals surface area contributed by atoms with Crippen LogP contribution in [0.1, 0.15) is 31.7 Å². The summed E-state index contributed by atoms with van der Waals surface area (Å²) in [6.07, 6.45) is 0.904. The third-order valence-electron chi connectivity index (χ3n) is 4.47. The van der Waals surface area contributed by atoms with Gasteiger partial charge in [-0.1, -0.05) is 37.6 Å². The van der Waals surface area contributed by atoms with Crippen molar-refractivity contribution in [2.45, 2.75) is 32.3 Å². The molecule has 2 aromatic rings. The van der Waals surface area contributed by atoms with Gasteiger partial charge in [0.1, 0.15) is 11.9 Å². The number of non-ortho nitro benzene ring substituents is 1. The Bertz CT molecular complexity index is 779. The van der Waals surface area contributed by atoms with Crippen molar-refractivity contribution in [3.63, 3.8) is 0 Å². The molecule has 0 spiro atoms. The molecule has 1 fully saturated rings. The van der Waals surface area contributed by atoms with Crippen LogP contribution in [0.2, 0.25) is 5.02 Å². The van der Waals surface area contributed by atoms with Gasteiger partial charge >= 0.3 is 0 Å². The maximum Gasteiger partial charge on any atom is 0.271 e. The van der Waals surface area contributed by atoms with Crippen LogP contribution in [-0.2, 0) is 0 Å². The summed E-state index contributed by atoms with van der Waals surface area (Å²) in [6.45, 7) is 6.06. The first kappa shape index (κ1) is 17.5. The van der Waals surface area contributed by atoms with E-state index in [2.05, 4.69) is 43.0 Å². The first-order valence-corrected chi connectivity index (χ1v) is 8.77. The van der Waals surface area contributed by atoms with Gasteiger partial charge in [0.25, 0.3) is 5.69 Å². The maximum absolute atomic E-state index is 10.8. The van der Waals surface area contributed by atoms with E-state index in [4.69, 9.17) is 16.3 Å². The first-order chi connectivity index (χ1) is 11.9. The van der Waals surface area contributed by atoms with E-state index < -0.39 is 4.92 Å². The number of nitro benzene ring substituents is 1. The lowest BCUT2D eigenvalue weighted by Gasteiger charge is -2.20. The Labute approximate surface area is 152 Å². The topological polar surface area (TPSA) is 55.6 Å². The van der Waals surface area contributed by atoms with Crippen molar-refractivity contribution in [2.24, 2.45) is 0 Å². The molecule has 1 unspecified atom stereocenters. The Morgan fingerprint density at radius 3 is 2.76 bits per heavy atom. The van der Waals surface area contributed by atoms with E-state index in [1.165, 1.54) is 23.4 Å². The van der Waals surface area contributed by atoms with Crippen LogP contribution in [0.25, 0.3) is 0 Å². The summed E-state index contributed by atoms with van der Waals surface area (Å²) < 4.78 is 5.97. The molecule has 3 rings (SSSR count). The summed E-state index contributed by atoms with van der Waals surface area (Å²) in [4.78, 5) is 12.6. The predicted octanol–water partition coefficient (Wildman–Crippen LogP) is 5.03. The third kappa shape index (κ3) is 4.04. The van der Waals surface area contributed by atoms with Gasteiger partial charge in [0.2, 0.25) is 0 Å². The van der Waals surface area contributed by atoms with Crippen LogP contribution >= 0.6 is 11.6 Å². The Balaban J connectivity index is 1.67. The summed E-state index contributed by atoms with van der Waals surface area (Å²) >= 11 is 6.12. The number of nitro groups is 1. The minimum absolute atomic E-state index is 0.0154. The molecule has 0 aliphatic carbocycles. The Hall–Kier alpha value is -2.27. The van der Waals surface area contributed by atoms with Gasteiger partial charge < -0.3 is 9.64 Å². The molecule has 0 aromatic heterocycles. The summed E-state index contributed by atoms with van der Waals surface area (Å²) in [7, 11) is 0. The van der Waals surface area contributed by atoms with Gasteiger partial charge in [-0.25, -0.2) is 0 Å². The molecule has 1 aliphatic rings. The summed E-state index contributed by atoms with van der Waals surface area (Å²) in [5.41, 5.74) is 2.49. The monoisotopic (exact) mass is 360 g/mol. The second kappa shape index (κ2) is 7.31. The van der Waals surface area contributed by atoms with Gasteiger partial charge in [-0.05, 0) is 29.7 Å². The van der Waals surface area contributed by atoms with Crippen molar-refractivity contribution in [1.29, 1.82) is 0 Å². The fourth-order valence-corrected chi connectivity index (χ4v) is 3.24. The largest absolute Gasteiger partial charge is 0.487 e. The fourth-order valence-electron chi connectivity index (χ4n) is 3.02. The fraction of sp³-hybridized carbons (Fsp3) is 0.368. The summed E-state index contributed by atoms with van der Waals surface area (Å²) in [5.74, 6) is 0.989. The Kier molecular flexibility index (Phi) is 5.13. The predicted molar refractivity (Wildman–Crippen MR) is 99.9 cm³/mol. The molecule has 1 atom stereocenters. The molecule has 0 amide bonds. The van der Waals surface area contributed by atoms with Gasteiger partial charge in [0.15, 0.2) is 0 Å². The number of hydrogen-bond donors (Lipinski definition) is 0. The molecule has 6 heteroatoms. The standard InChI is InChI=1S/C19H21ClN2O3/c1-13(2)14-4-3-5-15(10-14)21-9-8-17(12-21)25-19-7-6-16(22(23)24)11-18(19)20/h3-7,10-11,13,17H,8-9,12H2,1-2H3. The lowest BCUT2D eigenvalue weighted by Crippen LogP contribution is -2.24. The molecular weight excluding hydrogens is 340 g/mol. The second-order valence-electron chi connectivity index (χ2n) is 6.60. The molecule has 0 bridgehead atoms. The smallest absolute Gasteiger partial charge is 0.271 e. The highest BCUT2D eigenvalue weighted by atomic mass is 35.5. The molecule has 0 saturated carbocycles. The van der Waals surface area contributed by atoms with Crippen LogP contribution < -0.4 is 9.64 Å². The van der Waals surface area contributed by atoms with Crippen LogP contribution in [0.4, 0.5) is 11.4 Å². The summed E-state index contributed by atoms with van der Waals surface area (Å²) in [6, 6.07) is 12.9. The second-order valence-corrected chi connectivity index (χ2v) is 7.00. The van der Waals surface area contributed by atoms with Gasteiger partial charge in [0.05, 0.1) is 16.5 Å². The van der Waals surface area contributed by atoms with Gasteiger partial charge in [0, 0.05) is 30.8 Å². The Morgan fingerprint density at radius 1 is 1.28 bits per heavy atom. The molecule has 5 nitrogen and oxygen atoms in total.